The van der Waals surface area contributed by atoms with Crippen LogP contribution in [0.1, 0.15) is 13.8 Å². The topological polar surface area (TPSA) is 55.8 Å². The first-order valence-electron chi connectivity index (χ1n) is 5.98. The van der Waals surface area contributed by atoms with Gasteiger partial charge in [-0.15, -0.1) is 0 Å². The Morgan fingerprint density at radius 2 is 1.94 bits per heavy atom. The van der Waals surface area contributed by atoms with Gasteiger partial charge in [0.2, 0.25) is 5.91 Å². The summed E-state index contributed by atoms with van der Waals surface area (Å²) >= 11 is 0. The molecule has 0 aromatic rings. The van der Waals surface area contributed by atoms with Crippen LogP contribution in [0.15, 0.2) is 0 Å². The zero-order valence-electron chi connectivity index (χ0n) is 10.3. The fourth-order valence-corrected chi connectivity index (χ4v) is 1.87. The molecule has 1 saturated heterocycles. The van der Waals surface area contributed by atoms with Crippen molar-refractivity contribution in [2.45, 2.75) is 19.9 Å². The maximum absolute atomic E-state index is 11.7. The Bertz CT molecular complexity index is 213. The lowest BCUT2D eigenvalue weighted by molar-refractivity contribution is -0.132. The fourth-order valence-electron chi connectivity index (χ4n) is 1.87. The zero-order chi connectivity index (χ0) is 12.0. The first kappa shape index (κ1) is 13.4. The summed E-state index contributed by atoms with van der Waals surface area (Å²) in [6.07, 6.45) is 0. The highest BCUT2D eigenvalue weighted by Gasteiger charge is 2.21. The van der Waals surface area contributed by atoms with Crippen LogP contribution in [0.5, 0.6) is 0 Å². The van der Waals surface area contributed by atoms with Gasteiger partial charge in [0, 0.05) is 38.8 Å². The molecule has 5 nitrogen and oxygen atoms in total. The summed E-state index contributed by atoms with van der Waals surface area (Å²) in [5.74, 6) is 0.136. The van der Waals surface area contributed by atoms with Crippen LogP contribution >= 0.6 is 0 Å². The molecule has 2 N–H and O–H groups in total. The molecule has 0 atom stereocenters. The quantitative estimate of drug-likeness (QED) is 0.601. The first-order valence-corrected chi connectivity index (χ1v) is 5.98. The minimum absolute atomic E-state index is 0.0778. The Morgan fingerprint density at radius 3 is 2.44 bits per heavy atom. The van der Waals surface area contributed by atoms with E-state index in [0.29, 0.717) is 19.1 Å². The molecule has 1 fully saturated rings. The van der Waals surface area contributed by atoms with Crippen molar-refractivity contribution in [3.05, 3.63) is 0 Å². The molecule has 0 bridgehead atoms. The third-order valence-electron chi connectivity index (χ3n) is 2.96. The van der Waals surface area contributed by atoms with Gasteiger partial charge in [0.1, 0.15) is 0 Å². The molecule has 1 aliphatic rings. The molecule has 0 aliphatic carbocycles. The van der Waals surface area contributed by atoms with E-state index in [1.54, 1.807) is 0 Å². The van der Waals surface area contributed by atoms with E-state index >= 15 is 0 Å². The van der Waals surface area contributed by atoms with E-state index in [1.807, 2.05) is 4.90 Å². The number of amides is 1. The Balaban J connectivity index is 2.22. The lowest BCUT2D eigenvalue weighted by Gasteiger charge is -2.37. The van der Waals surface area contributed by atoms with Crippen LogP contribution in [0.3, 0.4) is 0 Å². The van der Waals surface area contributed by atoms with Crippen LogP contribution in [-0.4, -0.2) is 72.7 Å². The van der Waals surface area contributed by atoms with Crippen LogP contribution in [0.2, 0.25) is 0 Å². The predicted octanol–water partition coefficient (Wildman–Crippen LogP) is -0.879. The summed E-state index contributed by atoms with van der Waals surface area (Å²) in [5, 5.41) is 11.5. The van der Waals surface area contributed by atoms with Crippen molar-refractivity contribution in [2.75, 3.05) is 45.9 Å². The maximum Gasteiger partial charge on any atom is 0.236 e. The average molecular weight is 229 g/mol. The van der Waals surface area contributed by atoms with Gasteiger partial charge in [0.15, 0.2) is 0 Å². The minimum Gasteiger partial charge on any atom is -0.395 e. The van der Waals surface area contributed by atoms with Crippen LogP contribution in [0.4, 0.5) is 0 Å². The molecule has 0 radical (unpaired) electrons. The third kappa shape index (κ3) is 4.08. The molecule has 0 aromatic carbocycles. The minimum atomic E-state index is 0.0778. The summed E-state index contributed by atoms with van der Waals surface area (Å²) in [5.41, 5.74) is 0. The molecule has 94 valence electrons. The van der Waals surface area contributed by atoms with E-state index in [9.17, 15) is 4.79 Å². The number of carbonyl (C=O) groups is 1. The number of hydrogen-bond acceptors (Lipinski definition) is 4. The SMILES string of the molecule is CC(C)N1CCN(C(=O)CNCCO)CC1. The molecule has 1 rings (SSSR count). The largest absolute Gasteiger partial charge is 0.395 e. The van der Waals surface area contributed by atoms with Crippen molar-refractivity contribution in [2.24, 2.45) is 0 Å². The predicted molar refractivity (Wildman–Crippen MR) is 63.2 cm³/mol. The van der Waals surface area contributed by atoms with E-state index in [0.717, 1.165) is 26.2 Å². The molecule has 0 saturated carbocycles. The number of aliphatic hydroxyl groups is 1. The van der Waals surface area contributed by atoms with Crippen LogP contribution < -0.4 is 5.32 Å². The Labute approximate surface area is 97.4 Å². The van der Waals surface area contributed by atoms with Crippen molar-refractivity contribution in [3.8, 4) is 0 Å². The smallest absolute Gasteiger partial charge is 0.236 e. The molecular weight excluding hydrogens is 206 g/mol. The fraction of sp³-hybridized carbons (Fsp3) is 0.909. The van der Waals surface area contributed by atoms with Crippen molar-refractivity contribution in [1.82, 2.24) is 15.1 Å². The second-order valence-corrected chi connectivity index (χ2v) is 4.41. The maximum atomic E-state index is 11.7. The number of carbonyl (C=O) groups excluding carboxylic acids is 1. The van der Waals surface area contributed by atoms with E-state index in [-0.39, 0.29) is 12.5 Å². The second kappa shape index (κ2) is 6.83. The monoisotopic (exact) mass is 229 g/mol. The molecular formula is C11H23N3O2. The number of nitrogens with one attached hydrogen (secondary N) is 1. The second-order valence-electron chi connectivity index (χ2n) is 4.41. The summed E-state index contributed by atoms with van der Waals surface area (Å²) in [7, 11) is 0. The summed E-state index contributed by atoms with van der Waals surface area (Å²) < 4.78 is 0. The van der Waals surface area contributed by atoms with Crippen molar-refractivity contribution < 1.29 is 9.90 Å². The first-order chi connectivity index (χ1) is 7.65. The van der Waals surface area contributed by atoms with E-state index in [2.05, 4.69) is 24.1 Å². The van der Waals surface area contributed by atoms with Crippen molar-refractivity contribution in [3.63, 3.8) is 0 Å². The van der Waals surface area contributed by atoms with Gasteiger partial charge in [-0.25, -0.2) is 0 Å². The number of rotatable bonds is 5. The Kier molecular flexibility index (Phi) is 5.73. The molecule has 1 amide bonds. The number of aliphatic hydroxyl groups excluding tert-OH is 1. The molecule has 1 aliphatic heterocycles. The van der Waals surface area contributed by atoms with Gasteiger partial charge < -0.3 is 15.3 Å². The Hall–Kier alpha value is -0.650. The zero-order valence-corrected chi connectivity index (χ0v) is 10.3. The van der Waals surface area contributed by atoms with Gasteiger partial charge >= 0.3 is 0 Å². The average Bonchev–Trinajstić information content (AvgIpc) is 2.29. The standard InChI is InChI=1S/C11H23N3O2/c1-10(2)13-4-6-14(7-5-13)11(16)9-12-3-8-15/h10,12,15H,3-9H2,1-2H3. The van der Waals surface area contributed by atoms with Crippen molar-refractivity contribution >= 4 is 5.91 Å². The molecule has 0 aromatic heterocycles. The van der Waals surface area contributed by atoms with Crippen LogP contribution in [0.25, 0.3) is 0 Å². The summed E-state index contributed by atoms with van der Waals surface area (Å²) in [6, 6.07) is 0.560. The van der Waals surface area contributed by atoms with Gasteiger partial charge in [-0.2, -0.15) is 0 Å². The Morgan fingerprint density at radius 1 is 1.31 bits per heavy atom. The highest BCUT2D eigenvalue weighted by Crippen LogP contribution is 2.05. The lowest BCUT2D eigenvalue weighted by Crippen LogP contribution is -2.52. The van der Waals surface area contributed by atoms with Gasteiger partial charge in [0.25, 0.3) is 0 Å². The van der Waals surface area contributed by atoms with Gasteiger partial charge in [0.05, 0.1) is 13.2 Å². The number of hydrogen-bond donors (Lipinski definition) is 2. The number of piperazine rings is 1. The van der Waals surface area contributed by atoms with Crippen LogP contribution in [0, 0.1) is 0 Å². The van der Waals surface area contributed by atoms with E-state index < -0.39 is 0 Å². The summed E-state index contributed by atoms with van der Waals surface area (Å²) in [6.45, 7) is 8.82. The van der Waals surface area contributed by atoms with Gasteiger partial charge in [-0.05, 0) is 13.8 Å². The van der Waals surface area contributed by atoms with Gasteiger partial charge in [-0.3, -0.25) is 9.69 Å². The highest BCUT2D eigenvalue weighted by atomic mass is 16.3. The number of nitrogens with zero attached hydrogens (tertiary/aromatic N) is 2. The van der Waals surface area contributed by atoms with Crippen LogP contribution in [-0.2, 0) is 4.79 Å². The van der Waals surface area contributed by atoms with Crippen molar-refractivity contribution in [1.29, 1.82) is 0 Å². The van der Waals surface area contributed by atoms with E-state index in [1.165, 1.54) is 0 Å². The van der Waals surface area contributed by atoms with Gasteiger partial charge in [-0.1, -0.05) is 0 Å². The highest BCUT2D eigenvalue weighted by molar-refractivity contribution is 5.78. The molecule has 5 heteroatoms. The summed E-state index contributed by atoms with van der Waals surface area (Å²) in [4.78, 5) is 16.0. The molecule has 0 unspecified atom stereocenters. The molecule has 0 spiro atoms. The lowest BCUT2D eigenvalue weighted by atomic mass is 10.2. The normalized spacial score (nSPS) is 18.1. The molecule has 16 heavy (non-hydrogen) atoms. The van der Waals surface area contributed by atoms with E-state index in [4.69, 9.17) is 5.11 Å². The molecule has 1 heterocycles. The third-order valence-corrected chi connectivity index (χ3v) is 2.96.